The number of hydrogen-bond acceptors (Lipinski definition) is 2. The van der Waals surface area contributed by atoms with Crippen LogP contribution in [0.5, 0.6) is 0 Å². The zero-order valence-electron chi connectivity index (χ0n) is 19.3. The summed E-state index contributed by atoms with van der Waals surface area (Å²) in [4.78, 5) is 2.57. The van der Waals surface area contributed by atoms with Crippen LogP contribution in [0.25, 0.3) is 0 Å². The van der Waals surface area contributed by atoms with E-state index in [9.17, 15) is 8.78 Å². The predicted molar refractivity (Wildman–Crippen MR) is 125 cm³/mol. The summed E-state index contributed by atoms with van der Waals surface area (Å²) in [6.45, 7) is 9.33. The smallest absolute Gasteiger partial charge is 0.138 e. The minimum Gasteiger partial charge on any atom is -0.298 e. The first-order valence-corrected chi connectivity index (χ1v) is 11.3. The highest BCUT2D eigenvalue weighted by Gasteiger charge is 2.42. The fourth-order valence-electron chi connectivity index (χ4n) is 4.24. The Morgan fingerprint density at radius 3 is 2.06 bits per heavy atom. The molecule has 1 fully saturated rings. The average molecular weight is 427 g/mol. The third-order valence-corrected chi connectivity index (χ3v) is 6.20. The molecule has 0 aromatic heterocycles. The summed E-state index contributed by atoms with van der Waals surface area (Å²) < 4.78 is 26.7. The summed E-state index contributed by atoms with van der Waals surface area (Å²) in [5.74, 6) is -0.252. The summed E-state index contributed by atoms with van der Waals surface area (Å²) >= 11 is 0. The maximum absolute atomic E-state index is 13.6. The van der Waals surface area contributed by atoms with E-state index >= 15 is 0 Å². The van der Waals surface area contributed by atoms with E-state index in [1.165, 1.54) is 18.1 Å². The fraction of sp³-hybridized carbons (Fsp3) is 0.519. The molecular weight excluding hydrogens is 390 g/mol. The predicted octanol–water partition coefficient (Wildman–Crippen LogP) is 6.65. The van der Waals surface area contributed by atoms with Gasteiger partial charge in [0.15, 0.2) is 0 Å². The van der Waals surface area contributed by atoms with Crippen molar-refractivity contribution in [3.8, 4) is 6.07 Å². The Morgan fingerprint density at radius 2 is 1.55 bits per heavy atom. The molecule has 0 heterocycles. The zero-order valence-corrected chi connectivity index (χ0v) is 19.3. The van der Waals surface area contributed by atoms with E-state index in [-0.39, 0.29) is 5.92 Å². The lowest BCUT2D eigenvalue weighted by molar-refractivity contribution is 0.0428. The Labute approximate surface area is 186 Å². The maximum atomic E-state index is 13.6. The molecule has 168 valence electrons. The molecule has 0 amide bonds. The Hall–Kier alpha value is -2.25. The van der Waals surface area contributed by atoms with Crippen molar-refractivity contribution in [1.29, 1.82) is 5.26 Å². The Balaban J connectivity index is 0.00000107. The third kappa shape index (κ3) is 7.43. The summed E-state index contributed by atoms with van der Waals surface area (Å²) in [5.41, 5.74) is 3.59. The minimum absolute atomic E-state index is 0.252. The monoisotopic (exact) mass is 426 g/mol. The molecule has 3 rings (SSSR count). The van der Waals surface area contributed by atoms with Crippen molar-refractivity contribution in [1.82, 2.24) is 4.90 Å². The fourth-order valence-corrected chi connectivity index (χ4v) is 4.24. The normalized spacial score (nSPS) is 21.1. The van der Waals surface area contributed by atoms with Gasteiger partial charge in [0.1, 0.15) is 12.3 Å². The van der Waals surface area contributed by atoms with Gasteiger partial charge < -0.3 is 0 Å². The van der Waals surface area contributed by atoms with Crippen LogP contribution in [0.4, 0.5) is 8.78 Å². The first-order valence-electron chi connectivity index (χ1n) is 11.3. The van der Waals surface area contributed by atoms with Crippen LogP contribution in [-0.2, 0) is 12.8 Å². The van der Waals surface area contributed by atoms with E-state index in [1.54, 1.807) is 6.07 Å². The van der Waals surface area contributed by atoms with E-state index in [1.807, 2.05) is 12.1 Å². The van der Waals surface area contributed by atoms with Gasteiger partial charge in [0.25, 0.3) is 0 Å². The van der Waals surface area contributed by atoms with E-state index in [0.29, 0.717) is 18.5 Å². The Morgan fingerprint density at radius 1 is 0.968 bits per heavy atom. The van der Waals surface area contributed by atoms with Crippen LogP contribution in [0.3, 0.4) is 0 Å². The van der Waals surface area contributed by atoms with Gasteiger partial charge in [-0.3, -0.25) is 4.90 Å². The van der Waals surface area contributed by atoms with Crippen molar-refractivity contribution in [2.45, 2.75) is 83.7 Å². The Bertz CT molecular complexity index is 798. The van der Waals surface area contributed by atoms with Gasteiger partial charge in [0.05, 0.1) is 6.07 Å². The molecular formula is C27H36F2N2. The summed E-state index contributed by atoms with van der Waals surface area (Å²) in [7, 11) is 0. The highest BCUT2D eigenvalue weighted by Crippen LogP contribution is 2.41. The molecule has 31 heavy (non-hydrogen) atoms. The average Bonchev–Trinajstić information content (AvgIpc) is 2.77. The van der Waals surface area contributed by atoms with E-state index in [0.717, 1.165) is 31.4 Å². The van der Waals surface area contributed by atoms with Crippen LogP contribution in [0.1, 0.15) is 63.1 Å². The Kier molecular flexibility index (Phi) is 10.1. The quantitative estimate of drug-likeness (QED) is 0.449. The van der Waals surface area contributed by atoms with Crippen molar-refractivity contribution in [3.05, 3.63) is 71.3 Å². The number of nitrogens with zero attached hydrogens (tertiary/aromatic N) is 2. The molecule has 4 unspecified atom stereocenters. The van der Waals surface area contributed by atoms with Gasteiger partial charge >= 0.3 is 0 Å². The van der Waals surface area contributed by atoms with Gasteiger partial charge in [-0.05, 0) is 63.1 Å². The molecule has 0 N–H and O–H groups in total. The number of alkyl halides is 2. The van der Waals surface area contributed by atoms with Gasteiger partial charge in [0.2, 0.25) is 0 Å². The van der Waals surface area contributed by atoms with E-state index < -0.39 is 12.3 Å². The molecule has 0 saturated heterocycles. The van der Waals surface area contributed by atoms with Crippen LogP contribution in [0.15, 0.2) is 54.6 Å². The zero-order chi connectivity index (χ0) is 22.8. The summed E-state index contributed by atoms with van der Waals surface area (Å²) in [6, 6.07) is 21.6. The first-order chi connectivity index (χ1) is 14.9. The lowest BCUT2D eigenvalue weighted by Crippen LogP contribution is -2.40. The molecule has 0 spiro atoms. The molecule has 2 aromatic carbocycles. The lowest BCUT2D eigenvalue weighted by atomic mass is 9.76. The molecule has 4 heteroatoms. The minimum atomic E-state index is -1.32. The van der Waals surface area contributed by atoms with Crippen molar-refractivity contribution in [3.63, 3.8) is 0 Å². The number of halogens is 2. The first kappa shape index (κ1) is 25.0. The second kappa shape index (κ2) is 12.6. The number of benzene rings is 2. The molecule has 4 atom stereocenters. The SMILES string of the molecule is CC#N.CC(C)N(CCc1ccccc1)C(C)CCc1ccc(C2CC(F)C2F)cc1. The number of aryl methyl sites for hydroxylation is 1. The third-order valence-electron chi connectivity index (χ3n) is 6.20. The second-order valence-electron chi connectivity index (χ2n) is 8.72. The molecule has 2 nitrogen and oxygen atoms in total. The van der Waals surface area contributed by atoms with Crippen LogP contribution < -0.4 is 0 Å². The van der Waals surface area contributed by atoms with Gasteiger partial charge in [-0.15, -0.1) is 0 Å². The van der Waals surface area contributed by atoms with Crippen molar-refractivity contribution in [2.24, 2.45) is 0 Å². The largest absolute Gasteiger partial charge is 0.298 e. The highest BCUT2D eigenvalue weighted by atomic mass is 19.2. The van der Waals surface area contributed by atoms with Crippen LogP contribution in [0.2, 0.25) is 0 Å². The molecule has 1 aliphatic rings. The highest BCUT2D eigenvalue weighted by molar-refractivity contribution is 5.29. The van der Waals surface area contributed by atoms with Crippen molar-refractivity contribution < 1.29 is 8.78 Å². The standard InChI is InChI=1S/C25H33F2N.C2H3N/c1-18(2)28(16-15-20-7-5-4-6-8-20)19(3)9-10-21-11-13-22(14-12-21)23-17-24(26)25(23)27;1-2-3/h4-8,11-14,18-19,23-25H,9-10,15-17H2,1-3H3;1H3. The van der Waals surface area contributed by atoms with Gasteiger partial charge in [-0.25, -0.2) is 8.78 Å². The lowest BCUT2D eigenvalue weighted by Gasteiger charge is -2.34. The van der Waals surface area contributed by atoms with Gasteiger partial charge in [-0.2, -0.15) is 5.26 Å². The van der Waals surface area contributed by atoms with Crippen molar-refractivity contribution >= 4 is 0 Å². The number of nitriles is 1. The van der Waals surface area contributed by atoms with Crippen LogP contribution in [-0.4, -0.2) is 35.9 Å². The molecule has 0 aliphatic heterocycles. The van der Waals surface area contributed by atoms with E-state index in [2.05, 4.69) is 68.1 Å². The summed E-state index contributed by atoms with van der Waals surface area (Å²) in [6.07, 6.45) is 0.889. The molecule has 0 bridgehead atoms. The molecule has 1 aliphatic carbocycles. The molecule has 1 saturated carbocycles. The maximum Gasteiger partial charge on any atom is 0.138 e. The van der Waals surface area contributed by atoms with Gasteiger partial charge in [0, 0.05) is 31.5 Å². The molecule has 2 aromatic rings. The van der Waals surface area contributed by atoms with E-state index in [4.69, 9.17) is 5.26 Å². The summed E-state index contributed by atoms with van der Waals surface area (Å²) in [5, 5.41) is 7.32. The number of hydrogen-bond donors (Lipinski definition) is 0. The second-order valence-corrected chi connectivity index (χ2v) is 8.72. The van der Waals surface area contributed by atoms with Crippen LogP contribution >= 0.6 is 0 Å². The molecule has 0 radical (unpaired) electrons. The van der Waals surface area contributed by atoms with Crippen molar-refractivity contribution in [2.75, 3.05) is 6.54 Å². The topological polar surface area (TPSA) is 27.0 Å². The van der Waals surface area contributed by atoms with Crippen LogP contribution in [0, 0.1) is 11.3 Å². The number of rotatable bonds is 9. The van der Waals surface area contributed by atoms with Gasteiger partial charge in [-0.1, -0.05) is 54.6 Å².